The first kappa shape index (κ1) is 20.2. The molecule has 2 aliphatic rings. The third-order valence-electron chi connectivity index (χ3n) is 4.85. The third-order valence-corrected chi connectivity index (χ3v) is 6.33. The molecule has 0 aromatic heterocycles. The van der Waals surface area contributed by atoms with E-state index in [1.807, 2.05) is 0 Å². The van der Waals surface area contributed by atoms with Crippen molar-refractivity contribution in [2.24, 2.45) is 0 Å². The fourth-order valence-corrected chi connectivity index (χ4v) is 4.38. The molecular formula is C18H26N2O6S. The minimum atomic E-state index is -3.59. The van der Waals surface area contributed by atoms with Crippen LogP contribution in [-0.2, 0) is 24.2 Å². The molecule has 150 valence electrons. The molecule has 0 aliphatic carbocycles. The zero-order chi connectivity index (χ0) is 19.3. The Bertz CT molecular complexity index is 734. The van der Waals surface area contributed by atoms with Crippen LogP contribution < -0.4 is 4.72 Å². The summed E-state index contributed by atoms with van der Waals surface area (Å²) >= 11 is 0. The summed E-state index contributed by atoms with van der Waals surface area (Å²) in [7, 11) is -2.02. The molecule has 0 bridgehead atoms. The van der Waals surface area contributed by atoms with E-state index in [2.05, 4.69) is 4.72 Å². The summed E-state index contributed by atoms with van der Waals surface area (Å²) in [4.78, 5) is 14.6. The number of hydrogen-bond donors (Lipinski definition) is 1. The van der Waals surface area contributed by atoms with Gasteiger partial charge in [0.15, 0.2) is 5.79 Å². The van der Waals surface area contributed by atoms with Crippen molar-refractivity contribution in [3.8, 4) is 0 Å². The first-order valence-corrected chi connectivity index (χ1v) is 10.6. The van der Waals surface area contributed by atoms with Gasteiger partial charge in [-0.2, -0.15) is 0 Å². The number of carbonyl (C=O) groups excluding carboxylic acids is 1. The van der Waals surface area contributed by atoms with E-state index in [-0.39, 0.29) is 10.8 Å². The predicted octanol–water partition coefficient (Wildman–Crippen LogP) is 0.981. The number of nitrogens with zero attached hydrogens (tertiary/aromatic N) is 1. The standard InChI is InChI=1S/C18H26N2O6S/c1-24-12-2-9-19-27(22,23)16-5-3-15(4-6-16)17(21)20-10-7-18(8-11-20)25-13-14-26-18/h3-6,19H,2,7-14H2,1H3. The summed E-state index contributed by atoms with van der Waals surface area (Å²) in [6.07, 6.45) is 1.89. The topological polar surface area (TPSA) is 94.2 Å². The maximum atomic E-state index is 12.7. The molecule has 2 aliphatic heterocycles. The highest BCUT2D eigenvalue weighted by Gasteiger charge is 2.40. The highest BCUT2D eigenvalue weighted by Crippen LogP contribution is 2.31. The molecule has 27 heavy (non-hydrogen) atoms. The molecule has 9 heteroatoms. The van der Waals surface area contributed by atoms with Gasteiger partial charge in [0.05, 0.1) is 18.1 Å². The molecule has 0 atom stereocenters. The van der Waals surface area contributed by atoms with E-state index in [1.54, 1.807) is 24.1 Å². The van der Waals surface area contributed by atoms with Crippen molar-refractivity contribution in [2.45, 2.75) is 29.9 Å². The Kier molecular flexibility index (Phi) is 6.48. The number of methoxy groups -OCH3 is 1. The number of carbonyl (C=O) groups is 1. The van der Waals surface area contributed by atoms with E-state index in [1.165, 1.54) is 12.1 Å². The van der Waals surface area contributed by atoms with Crippen molar-refractivity contribution in [1.82, 2.24) is 9.62 Å². The van der Waals surface area contributed by atoms with E-state index < -0.39 is 15.8 Å². The van der Waals surface area contributed by atoms with E-state index in [0.717, 1.165) is 0 Å². The molecule has 1 aromatic rings. The Hall–Kier alpha value is -1.52. The Morgan fingerprint density at radius 1 is 1.19 bits per heavy atom. The Labute approximate surface area is 159 Å². The summed E-state index contributed by atoms with van der Waals surface area (Å²) in [6.45, 7) is 3.10. The zero-order valence-corrected chi connectivity index (χ0v) is 16.3. The van der Waals surface area contributed by atoms with Gasteiger partial charge in [-0.15, -0.1) is 0 Å². The molecule has 8 nitrogen and oxygen atoms in total. The number of sulfonamides is 1. The van der Waals surface area contributed by atoms with Gasteiger partial charge < -0.3 is 19.1 Å². The van der Waals surface area contributed by atoms with Crippen molar-refractivity contribution < 1.29 is 27.4 Å². The van der Waals surface area contributed by atoms with Crippen molar-refractivity contribution >= 4 is 15.9 Å². The summed E-state index contributed by atoms with van der Waals surface area (Å²) in [6, 6.07) is 6.03. The van der Waals surface area contributed by atoms with Gasteiger partial charge in [0.25, 0.3) is 5.91 Å². The van der Waals surface area contributed by atoms with Gasteiger partial charge in [-0.05, 0) is 30.7 Å². The molecule has 1 amide bonds. The monoisotopic (exact) mass is 398 g/mol. The maximum Gasteiger partial charge on any atom is 0.253 e. The number of ether oxygens (including phenoxy) is 3. The van der Waals surface area contributed by atoms with Gasteiger partial charge in [0.1, 0.15) is 0 Å². The number of hydrogen-bond acceptors (Lipinski definition) is 6. The lowest BCUT2D eigenvalue weighted by molar-refractivity contribution is -0.181. The largest absolute Gasteiger partial charge is 0.385 e. The number of benzene rings is 1. The van der Waals surface area contributed by atoms with Crippen molar-refractivity contribution in [3.63, 3.8) is 0 Å². The van der Waals surface area contributed by atoms with Gasteiger partial charge in [-0.25, -0.2) is 13.1 Å². The van der Waals surface area contributed by atoms with Gasteiger partial charge in [0.2, 0.25) is 10.0 Å². The fourth-order valence-electron chi connectivity index (χ4n) is 3.30. The van der Waals surface area contributed by atoms with Crippen molar-refractivity contribution in [3.05, 3.63) is 29.8 Å². The summed E-state index contributed by atoms with van der Waals surface area (Å²) in [5.74, 6) is -0.636. The Morgan fingerprint density at radius 2 is 1.81 bits per heavy atom. The van der Waals surface area contributed by atoms with Crippen LogP contribution in [0.1, 0.15) is 29.6 Å². The average Bonchev–Trinajstić information content (AvgIpc) is 3.13. The lowest BCUT2D eigenvalue weighted by atomic mass is 10.0. The summed E-state index contributed by atoms with van der Waals surface area (Å²) in [5, 5.41) is 0. The van der Waals surface area contributed by atoms with Gasteiger partial charge in [-0.3, -0.25) is 4.79 Å². The molecule has 2 heterocycles. The lowest BCUT2D eigenvalue weighted by Crippen LogP contribution is -2.47. The lowest BCUT2D eigenvalue weighted by Gasteiger charge is -2.37. The predicted molar refractivity (Wildman–Crippen MR) is 97.9 cm³/mol. The molecule has 2 fully saturated rings. The van der Waals surface area contributed by atoms with Crippen LogP contribution in [0.3, 0.4) is 0 Å². The number of likely N-dealkylation sites (tertiary alicyclic amines) is 1. The van der Waals surface area contributed by atoms with E-state index in [4.69, 9.17) is 14.2 Å². The quantitative estimate of drug-likeness (QED) is 0.688. The number of nitrogens with one attached hydrogen (secondary N) is 1. The molecule has 1 aromatic carbocycles. The third kappa shape index (κ3) is 4.85. The molecule has 2 saturated heterocycles. The van der Waals surface area contributed by atoms with Crippen LogP contribution in [0.5, 0.6) is 0 Å². The van der Waals surface area contributed by atoms with Gasteiger partial charge >= 0.3 is 0 Å². The highest BCUT2D eigenvalue weighted by molar-refractivity contribution is 7.89. The average molecular weight is 398 g/mol. The zero-order valence-electron chi connectivity index (χ0n) is 15.5. The van der Waals surface area contributed by atoms with Crippen LogP contribution in [-0.4, -0.2) is 71.6 Å². The second kappa shape index (κ2) is 8.66. The highest BCUT2D eigenvalue weighted by atomic mass is 32.2. The van der Waals surface area contributed by atoms with Crippen LogP contribution in [0.25, 0.3) is 0 Å². The van der Waals surface area contributed by atoms with E-state index in [9.17, 15) is 13.2 Å². The van der Waals surface area contributed by atoms with Crippen LogP contribution in [0.4, 0.5) is 0 Å². The van der Waals surface area contributed by atoms with Gasteiger partial charge in [0, 0.05) is 51.8 Å². The van der Waals surface area contributed by atoms with Crippen molar-refractivity contribution in [1.29, 1.82) is 0 Å². The molecule has 0 radical (unpaired) electrons. The molecule has 0 saturated carbocycles. The Balaban J connectivity index is 1.57. The maximum absolute atomic E-state index is 12.7. The normalized spacial score (nSPS) is 19.5. The molecule has 0 unspecified atom stereocenters. The number of amides is 1. The summed E-state index contributed by atoms with van der Waals surface area (Å²) < 4.78 is 43.3. The molecule has 1 N–H and O–H groups in total. The minimum Gasteiger partial charge on any atom is -0.385 e. The van der Waals surface area contributed by atoms with Gasteiger partial charge in [-0.1, -0.05) is 0 Å². The molecular weight excluding hydrogens is 372 g/mol. The molecule has 1 spiro atoms. The number of rotatable bonds is 7. The first-order chi connectivity index (χ1) is 13.0. The smallest absolute Gasteiger partial charge is 0.253 e. The van der Waals surface area contributed by atoms with Crippen LogP contribution in [0.2, 0.25) is 0 Å². The first-order valence-electron chi connectivity index (χ1n) is 9.12. The molecule has 3 rings (SSSR count). The second-order valence-electron chi connectivity index (χ2n) is 6.67. The van der Waals surface area contributed by atoms with E-state index in [0.29, 0.717) is 64.3 Å². The van der Waals surface area contributed by atoms with Crippen LogP contribution in [0, 0.1) is 0 Å². The van der Waals surface area contributed by atoms with Crippen LogP contribution in [0.15, 0.2) is 29.2 Å². The van der Waals surface area contributed by atoms with Crippen LogP contribution >= 0.6 is 0 Å². The minimum absolute atomic E-state index is 0.111. The van der Waals surface area contributed by atoms with Crippen molar-refractivity contribution in [2.75, 3.05) is 46.6 Å². The van der Waals surface area contributed by atoms with E-state index >= 15 is 0 Å². The number of piperidine rings is 1. The second-order valence-corrected chi connectivity index (χ2v) is 8.44. The summed E-state index contributed by atoms with van der Waals surface area (Å²) in [5.41, 5.74) is 0.470. The Morgan fingerprint density at radius 3 is 2.41 bits per heavy atom. The fraction of sp³-hybridized carbons (Fsp3) is 0.611. The SMILES string of the molecule is COCCCNS(=O)(=O)c1ccc(C(=O)N2CCC3(CC2)OCCO3)cc1.